The van der Waals surface area contributed by atoms with Gasteiger partial charge in [0.1, 0.15) is 0 Å². The number of hydrogen-bond donors (Lipinski definition) is 0. The molecule has 5 heteroatoms. The number of hydrogen-bond acceptors (Lipinski definition) is 3. The van der Waals surface area contributed by atoms with Crippen LogP contribution in [-0.2, 0) is 27.9 Å². The number of carbonyl (C=O) groups is 2. The molecule has 0 radical (unpaired) electrons. The van der Waals surface area contributed by atoms with E-state index in [9.17, 15) is 9.59 Å². The first-order valence-corrected chi connectivity index (χ1v) is 6.23. The van der Waals surface area contributed by atoms with Crippen LogP contribution in [0.15, 0.2) is 18.3 Å². The van der Waals surface area contributed by atoms with Gasteiger partial charge in [0.25, 0.3) is 11.8 Å². The zero-order chi connectivity index (χ0) is 13.1. The van der Waals surface area contributed by atoms with Gasteiger partial charge in [-0.15, -0.1) is 0 Å². The summed E-state index contributed by atoms with van der Waals surface area (Å²) in [5.74, 6) is -0.660. The molecule has 98 valence electrons. The third-order valence-corrected chi connectivity index (χ3v) is 3.31. The zero-order valence-electron chi connectivity index (χ0n) is 10.8. The summed E-state index contributed by atoms with van der Waals surface area (Å²) < 4.78 is 1.99. The Morgan fingerprint density at radius 2 is 2.33 bits per heavy atom. The highest BCUT2D eigenvalue weighted by atomic mass is 16.7. The van der Waals surface area contributed by atoms with Gasteiger partial charge in [-0.1, -0.05) is 6.92 Å². The number of nitrogens with zero attached hydrogens (tertiary/aromatic N) is 2. The van der Waals surface area contributed by atoms with Crippen molar-refractivity contribution >= 4 is 11.8 Å². The van der Waals surface area contributed by atoms with Gasteiger partial charge in [-0.3, -0.25) is 14.4 Å². The molecule has 0 saturated carbocycles. The molecule has 2 amide bonds. The van der Waals surface area contributed by atoms with Crippen molar-refractivity contribution in [3.8, 4) is 0 Å². The van der Waals surface area contributed by atoms with Crippen molar-refractivity contribution in [2.75, 3.05) is 6.61 Å². The summed E-state index contributed by atoms with van der Waals surface area (Å²) >= 11 is 0. The molecule has 1 aromatic rings. The quantitative estimate of drug-likeness (QED) is 0.809. The lowest BCUT2D eigenvalue weighted by molar-refractivity contribution is -0.181. The van der Waals surface area contributed by atoms with Crippen LogP contribution < -0.4 is 0 Å². The lowest BCUT2D eigenvalue weighted by Gasteiger charge is -2.19. The van der Waals surface area contributed by atoms with Gasteiger partial charge in [0, 0.05) is 24.9 Å². The number of hydroxylamine groups is 2. The fourth-order valence-corrected chi connectivity index (χ4v) is 2.12. The Hall–Kier alpha value is -1.62. The van der Waals surface area contributed by atoms with Crippen LogP contribution in [0.1, 0.15) is 25.5 Å². The van der Waals surface area contributed by atoms with Crippen molar-refractivity contribution < 1.29 is 14.4 Å². The van der Waals surface area contributed by atoms with Gasteiger partial charge < -0.3 is 4.57 Å². The van der Waals surface area contributed by atoms with Crippen molar-refractivity contribution in [3.63, 3.8) is 0 Å². The lowest BCUT2D eigenvalue weighted by Crippen LogP contribution is -2.36. The molecular formula is C13H18N2O3. The van der Waals surface area contributed by atoms with Crippen LogP contribution in [0.25, 0.3) is 0 Å². The Kier molecular flexibility index (Phi) is 3.81. The van der Waals surface area contributed by atoms with Gasteiger partial charge in [0.2, 0.25) is 0 Å². The van der Waals surface area contributed by atoms with E-state index in [0.29, 0.717) is 25.9 Å². The summed E-state index contributed by atoms with van der Waals surface area (Å²) in [7, 11) is 1.95. The second-order valence-electron chi connectivity index (χ2n) is 4.53. The second kappa shape index (κ2) is 5.35. The molecule has 18 heavy (non-hydrogen) atoms. The Labute approximate surface area is 106 Å². The highest BCUT2D eigenvalue weighted by Gasteiger charge is 2.32. The van der Waals surface area contributed by atoms with Gasteiger partial charge >= 0.3 is 0 Å². The summed E-state index contributed by atoms with van der Waals surface area (Å²) in [4.78, 5) is 28.8. The second-order valence-corrected chi connectivity index (χ2v) is 4.53. The van der Waals surface area contributed by atoms with Crippen LogP contribution in [0.2, 0.25) is 0 Å². The molecule has 0 unspecified atom stereocenters. The van der Waals surface area contributed by atoms with Gasteiger partial charge in [0.05, 0.1) is 13.0 Å². The van der Waals surface area contributed by atoms with E-state index in [1.807, 2.05) is 36.9 Å². The standard InChI is InChI=1S/C13H18N2O3/c1-3-10(9-11-5-4-7-14(11)2)13(17)15-12(16)6-8-18-15/h4-5,7,10H,3,6,8-9H2,1-2H3/t10-/m1/s1. The van der Waals surface area contributed by atoms with E-state index >= 15 is 0 Å². The molecule has 0 aliphatic carbocycles. The Morgan fingerprint density at radius 3 is 2.83 bits per heavy atom. The first kappa shape index (κ1) is 12.8. The summed E-state index contributed by atoms with van der Waals surface area (Å²) in [6, 6.07) is 3.94. The summed E-state index contributed by atoms with van der Waals surface area (Å²) in [5.41, 5.74) is 1.09. The molecule has 1 aliphatic heterocycles. The highest BCUT2D eigenvalue weighted by Crippen LogP contribution is 2.18. The van der Waals surface area contributed by atoms with Crippen LogP contribution in [0, 0.1) is 5.92 Å². The number of carbonyl (C=O) groups excluding carboxylic acids is 2. The zero-order valence-corrected chi connectivity index (χ0v) is 10.8. The van der Waals surface area contributed by atoms with Gasteiger partial charge in [-0.25, -0.2) is 0 Å². The van der Waals surface area contributed by atoms with Gasteiger partial charge in [-0.2, -0.15) is 5.06 Å². The van der Waals surface area contributed by atoms with E-state index in [4.69, 9.17) is 4.84 Å². The molecule has 1 aliphatic rings. The SMILES string of the molecule is CC[C@H](Cc1cccn1C)C(=O)N1OCCC1=O. The fraction of sp³-hybridized carbons (Fsp3) is 0.538. The predicted molar refractivity (Wildman–Crippen MR) is 65.3 cm³/mol. The molecule has 0 N–H and O–H groups in total. The predicted octanol–water partition coefficient (Wildman–Crippen LogP) is 1.28. The Balaban J connectivity index is 2.06. The minimum atomic E-state index is -0.231. The summed E-state index contributed by atoms with van der Waals surface area (Å²) in [6.45, 7) is 2.26. The maximum absolute atomic E-state index is 12.2. The first-order chi connectivity index (χ1) is 8.63. The Bertz CT molecular complexity index is 453. The normalized spacial score (nSPS) is 17.2. The summed E-state index contributed by atoms with van der Waals surface area (Å²) in [6.07, 6.45) is 3.57. The third-order valence-electron chi connectivity index (χ3n) is 3.31. The van der Waals surface area contributed by atoms with E-state index in [1.54, 1.807) is 0 Å². The molecule has 1 atom stereocenters. The van der Waals surface area contributed by atoms with E-state index in [2.05, 4.69) is 0 Å². The van der Waals surface area contributed by atoms with Crippen LogP contribution >= 0.6 is 0 Å². The average Bonchev–Trinajstić information content (AvgIpc) is 2.94. The molecule has 0 bridgehead atoms. The molecular weight excluding hydrogens is 232 g/mol. The monoisotopic (exact) mass is 250 g/mol. The van der Waals surface area contributed by atoms with Crippen molar-refractivity contribution in [1.29, 1.82) is 0 Å². The molecule has 1 saturated heterocycles. The minimum Gasteiger partial charge on any atom is -0.354 e. The van der Waals surface area contributed by atoms with Crippen LogP contribution in [0.3, 0.4) is 0 Å². The minimum absolute atomic E-state index is 0.208. The molecule has 0 aromatic carbocycles. The maximum atomic E-state index is 12.2. The van der Waals surface area contributed by atoms with E-state index < -0.39 is 0 Å². The molecule has 0 spiro atoms. The highest BCUT2D eigenvalue weighted by molar-refractivity contribution is 5.96. The van der Waals surface area contributed by atoms with Crippen LogP contribution in [0.5, 0.6) is 0 Å². The third kappa shape index (κ3) is 2.46. The lowest BCUT2D eigenvalue weighted by atomic mass is 9.99. The molecule has 1 aromatic heterocycles. The smallest absolute Gasteiger partial charge is 0.256 e. The number of aromatic nitrogens is 1. The maximum Gasteiger partial charge on any atom is 0.256 e. The molecule has 1 fully saturated rings. The van der Waals surface area contributed by atoms with E-state index in [0.717, 1.165) is 10.8 Å². The molecule has 2 heterocycles. The van der Waals surface area contributed by atoms with E-state index in [1.165, 1.54) is 0 Å². The topological polar surface area (TPSA) is 51.5 Å². The fourth-order valence-electron chi connectivity index (χ4n) is 2.12. The van der Waals surface area contributed by atoms with Crippen LogP contribution in [0.4, 0.5) is 0 Å². The van der Waals surface area contributed by atoms with E-state index in [-0.39, 0.29) is 17.7 Å². The summed E-state index contributed by atoms with van der Waals surface area (Å²) in [5, 5.41) is 0.942. The molecule has 5 nitrogen and oxygen atoms in total. The van der Waals surface area contributed by atoms with Crippen LogP contribution in [-0.4, -0.2) is 28.1 Å². The first-order valence-electron chi connectivity index (χ1n) is 6.23. The van der Waals surface area contributed by atoms with Crippen molar-refractivity contribution in [1.82, 2.24) is 9.63 Å². The molecule has 2 rings (SSSR count). The number of rotatable bonds is 4. The van der Waals surface area contributed by atoms with Crippen molar-refractivity contribution in [2.24, 2.45) is 13.0 Å². The van der Waals surface area contributed by atoms with Gasteiger partial charge in [0.15, 0.2) is 0 Å². The van der Waals surface area contributed by atoms with Crippen molar-refractivity contribution in [3.05, 3.63) is 24.0 Å². The van der Waals surface area contributed by atoms with Gasteiger partial charge in [-0.05, 0) is 25.0 Å². The van der Waals surface area contributed by atoms with Crippen molar-refractivity contribution in [2.45, 2.75) is 26.2 Å². The number of aryl methyl sites for hydroxylation is 1. The number of amides is 2. The number of imide groups is 1. The Morgan fingerprint density at radius 1 is 1.56 bits per heavy atom. The average molecular weight is 250 g/mol. The largest absolute Gasteiger partial charge is 0.354 e.